The molecule has 0 saturated carbocycles. The van der Waals surface area contributed by atoms with Crippen molar-refractivity contribution in [3.63, 3.8) is 0 Å². The Morgan fingerprint density at radius 2 is 2.00 bits per heavy atom. The molecule has 2 heterocycles. The van der Waals surface area contributed by atoms with Crippen LogP contribution in [0.3, 0.4) is 0 Å². The highest BCUT2D eigenvalue weighted by Gasteiger charge is 2.33. The van der Waals surface area contributed by atoms with E-state index < -0.39 is 5.92 Å². The minimum Gasteiger partial charge on any atom is -0.310 e. The zero-order chi connectivity index (χ0) is 17.3. The smallest absolute Gasteiger partial charge is 0.257 e. The number of hydrogen-bond donors (Lipinski definition) is 2. The molecule has 0 spiro atoms. The molecule has 0 saturated heterocycles. The summed E-state index contributed by atoms with van der Waals surface area (Å²) in [5, 5.41) is 3.91. The summed E-state index contributed by atoms with van der Waals surface area (Å²) in [5.41, 5.74) is 0.621. The molecule has 8 heteroatoms. The standard InChI is InChI=1S/C16H13Cl2N3O2S/c1-2-6-24-16-20-14-13(15(23)21-16)8(7-11(22)19-14)12-9(17)4-3-5-10(12)18/h2-5,8H,1,6-7H2,(H2,19,20,21,22,23)/t8-/m1/s1. The number of halogens is 2. The number of anilines is 1. The molecule has 1 aromatic carbocycles. The maximum absolute atomic E-state index is 12.6. The van der Waals surface area contributed by atoms with Gasteiger partial charge >= 0.3 is 0 Å². The lowest BCUT2D eigenvalue weighted by Crippen LogP contribution is -2.31. The van der Waals surface area contributed by atoms with Crippen molar-refractivity contribution < 1.29 is 4.79 Å². The van der Waals surface area contributed by atoms with Crippen LogP contribution in [0.25, 0.3) is 0 Å². The minimum atomic E-state index is -0.537. The van der Waals surface area contributed by atoms with Gasteiger partial charge in [-0.15, -0.1) is 6.58 Å². The normalized spacial score (nSPS) is 16.4. The van der Waals surface area contributed by atoms with E-state index in [2.05, 4.69) is 21.9 Å². The topological polar surface area (TPSA) is 74.8 Å². The van der Waals surface area contributed by atoms with Crippen LogP contribution in [-0.2, 0) is 4.79 Å². The number of benzene rings is 1. The molecule has 1 aliphatic rings. The summed E-state index contributed by atoms with van der Waals surface area (Å²) in [5.74, 6) is 0.0728. The molecule has 1 atom stereocenters. The van der Waals surface area contributed by atoms with E-state index in [0.717, 1.165) is 0 Å². The van der Waals surface area contributed by atoms with E-state index in [1.165, 1.54) is 11.8 Å². The van der Waals surface area contributed by atoms with Gasteiger partial charge in [-0.25, -0.2) is 4.98 Å². The lowest BCUT2D eigenvalue weighted by Gasteiger charge is -2.25. The van der Waals surface area contributed by atoms with Gasteiger partial charge in [0.25, 0.3) is 5.56 Å². The highest BCUT2D eigenvalue weighted by molar-refractivity contribution is 7.99. The molecule has 24 heavy (non-hydrogen) atoms. The molecule has 124 valence electrons. The maximum atomic E-state index is 12.6. The number of hydrogen-bond acceptors (Lipinski definition) is 4. The second-order valence-electron chi connectivity index (χ2n) is 5.17. The van der Waals surface area contributed by atoms with Gasteiger partial charge in [0.1, 0.15) is 5.82 Å². The molecule has 1 aliphatic heterocycles. The predicted molar refractivity (Wildman–Crippen MR) is 97.3 cm³/mol. The number of carbonyl (C=O) groups is 1. The molecule has 0 aliphatic carbocycles. The van der Waals surface area contributed by atoms with Crippen LogP contribution in [0.2, 0.25) is 10.0 Å². The van der Waals surface area contributed by atoms with E-state index in [1.807, 2.05) is 0 Å². The van der Waals surface area contributed by atoms with Gasteiger partial charge in [0.2, 0.25) is 5.91 Å². The number of nitrogens with one attached hydrogen (secondary N) is 2. The van der Waals surface area contributed by atoms with Gasteiger partial charge in [-0.3, -0.25) is 9.59 Å². The average molecular weight is 382 g/mol. The van der Waals surface area contributed by atoms with E-state index in [0.29, 0.717) is 32.1 Å². The predicted octanol–water partition coefficient (Wildman–Crippen LogP) is 3.83. The van der Waals surface area contributed by atoms with Crippen LogP contribution in [0.1, 0.15) is 23.5 Å². The fourth-order valence-corrected chi connectivity index (χ4v) is 3.90. The number of aromatic amines is 1. The first kappa shape index (κ1) is 17.1. The number of thioether (sulfide) groups is 1. The fourth-order valence-electron chi connectivity index (χ4n) is 2.65. The molecule has 0 unspecified atom stereocenters. The molecule has 5 nitrogen and oxygen atoms in total. The Kier molecular flexibility index (Phi) is 4.99. The Hall–Kier alpha value is -1.76. The summed E-state index contributed by atoms with van der Waals surface area (Å²) >= 11 is 13.9. The molecule has 1 aromatic heterocycles. The van der Waals surface area contributed by atoms with Crippen LogP contribution in [0.5, 0.6) is 0 Å². The van der Waals surface area contributed by atoms with Gasteiger partial charge in [-0.05, 0) is 17.7 Å². The van der Waals surface area contributed by atoms with E-state index >= 15 is 0 Å². The first-order valence-corrected chi connectivity index (χ1v) is 8.87. The van der Waals surface area contributed by atoms with Crippen LogP contribution in [0.15, 0.2) is 40.8 Å². The highest BCUT2D eigenvalue weighted by Crippen LogP contribution is 2.40. The van der Waals surface area contributed by atoms with E-state index in [4.69, 9.17) is 23.2 Å². The summed E-state index contributed by atoms with van der Waals surface area (Å²) in [6.07, 6.45) is 1.79. The fraction of sp³-hybridized carbons (Fsp3) is 0.188. The molecule has 2 N–H and O–H groups in total. The number of rotatable bonds is 4. The summed E-state index contributed by atoms with van der Waals surface area (Å²) in [4.78, 5) is 31.8. The van der Waals surface area contributed by atoms with Crippen molar-refractivity contribution in [1.29, 1.82) is 0 Å². The van der Waals surface area contributed by atoms with Crippen LogP contribution >= 0.6 is 35.0 Å². The van der Waals surface area contributed by atoms with Crippen LogP contribution < -0.4 is 10.9 Å². The van der Waals surface area contributed by atoms with Crippen molar-refractivity contribution in [3.05, 3.63) is 62.4 Å². The van der Waals surface area contributed by atoms with Crippen LogP contribution in [0.4, 0.5) is 5.82 Å². The number of carbonyl (C=O) groups excluding carboxylic acids is 1. The largest absolute Gasteiger partial charge is 0.310 e. The monoisotopic (exact) mass is 381 g/mol. The van der Waals surface area contributed by atoms with E-state index in [-0.39, 0.29) is 23.7 Å². The van der Waals surface area contributed by atoms with Gasteiger partial charge in [0.15, 0.2) is 5.16 Å². The zero-order valence-electron chi connectivity index (χ0n) is 12.4. The summed E-state index contributed by atoms with van der Waals surface area (Å²) in [6.45, 7) is 3.63. The third kappa shape index (κ3) is 3.22. The van der Waals surface area contributed by atoms with Crippen molar-refractivity contribution in [2.24, 2.45) is 0 Å². The molecule has 0 radical (unpaired) electrons. The highest BCUT2D eigenvalue weighted by atomic mass is 35.5. The maximum Gasteiger partial charge on any atom is 0.257 e. The van der Waals surface area contributed by atoms with Gasteiger partial charge in [0, 0.05) is 28.1 Å². The Morgan fingerprint density at radius 1 is 1.29 bits per heavy atom. The molecule has 1 amide bonds. The second kappa shape index (κ2) is 7.01. The number of H-pyrrole nitrogens is 1. The third-order valence-electron chi connectivity index (χ3n) is 3.62. The second-order valence-corrected chi connectivity index (χ2v) is 7.00. The van der Waals surface area contributed by atoms with Crippen molar-refractivity contribution in [3.8, 4) is 0 Å². The van der Waals surface area contributed by atoms with E-state index in [1.54, 1.807) is 24.3 Å². The number of fused-ring (bicyclic) bond motifs is 1. The first-order chi connectivity index (χ1) is 11.5. The van der Waals surface area contributed by atoms with Gasteiger partial charge in [-0.2, -0.15) is 0 Å². The number of nitrogens with zero attached hydrogens (tertiary/aromatic N) is 1. The lowest BCUT2D eigenvalue weighted by atomic mass is 9.87. The quantitative estimate of drug-likeness (QED) is 0.479. The molecule has 2 aromatic rings. The summed E-state index contributed by atoms with van der Waals surface area (Å²) < 4.78 is 0. The first-order valence-electron chi connectivity index (χ1n) is 7.13. The van der Waals surface area contributed by atoms with Gasteiger partial charge in [-0.1, -0.05) is 47.1 Å². The average Bonchev–Trinajstić information content (AvgIpc) is 2.52. The number of amides is 1. The Morgan fingerprint density at radius 3 is 2.67 bits per heavy atom. The van der Waals surface area contributed by atoms with Gasteiger partial charge < -0.3 is 10.3 Å². The Labute approximate surface area is 152 Å². The van der Waals surface area contributed by atoms with Crippen molar-refractivity contribution in [2.75, 3.05) is 11.1 Å². The van der Waals surface area contributed by atoms with Gasteiger partial charge in [0.05, 0.1) is 5.56 Å². The molecule has 0 fully saturated rings. The van der Waals surface area contributed by atoms with E-state index in [9.17, 15) is 9.59 Å². The van der Waals surface area contributed by atoms with Crippen molar-refractivity contribution >= 4 is 46.7 Å². The van der Waals surface area contributed by atoms with Crippen LogP contribution in [-0.4, -0.2) is 21.6 Å². The van der Waals surface area contributed by atoms with Crippen molar-refractivity contribution in [1.82, 2.24) is 9.97 Å². The summed E-state index contributed by atoms with van der Waals surface area (Å²) in [7, 11) is 0. The van der Waals surface area contributed by atoms with Crippen molar-refractivity contribution in [2.45, 2.75) is 17.5 Å². The Balaban J connectivity index is 2.15. The minimum absolute atomic E-state index is 0.0837. The SMILES string of the molecule is C=CCSc1nc2c(c(=O)[nH]1)[C@@H](c1c(Cl)cccc1Cl)CC(=O)N2. The molecular weight excluding hydrogens is 369 g/mol. The zero-order valence-corrected chi connectivity index (χ0v) is 14.8. The molecule has 3 rings (SSSR count). The number of aromatic nitrogens is 2. The lowest BCUT2D eigenvalue weighted by molar-refractivity contribution is -0.116. The Bertz CT molecular complexity index is 862. The van der Waals surface area contributed by atoms with Crippen LogP contribution in [0, 0.1) is 0 Å². The third-order valence-corrected chi connectivity index (χ3v) is 5.14. The molecule has 0 bridgehead atoms. The summed E-state index contributed by atoms with van der Waals surface area (Å²) in [6, 6.07) is 5.09. The molecular formula is C16H13Cl2N3O2S.